The molecule has 0 aromatic heterocycles. The molecule has 26 heavy (non-hydrogen) atoms. The number of nitrogens with one attached hydrogen (secondary N) is 1. The first kappa shape index (κ1) is 19.7. The van der Waals surface area contributed by atoms with Crippen molar-refractivity contribution >= 4 is 22.6 Å². The molecule has 0 saturated carbocycles. The van der Waals surface area contributed by atoms with Gasteiger partial charge in [0.05, 0.1) is 17.2 Å². The summed E-state index contributed by atoms with van der Waals surface area (Å²) in [5, 5.41) is 2.34. The molecule has 2 rings (SSSR count). The SMILES string of the molecule is NC(=O)[C@@H](CC[S@](=O)c1ccccc1)NC(=O)Cc1c(F)cccc1F. The summed E-state index contributed by atoms with van der Waals surface area (Å²) in [4.78, 5) is 24.1. The van der Waals surface area contributed by atoms with E-state index in [0.717, 1.165) is 12.1 Å². The Hall–Kier alpha value is -2.61. The Labute approximate surface area is 152 Å². The summed E-state index contributed by atoms with van der Waals surface area (Å²) < 4.78 is 39.4. The summed E-state index contributed by atoms with van der Waals surface area (Å²) in [5.41, 5.74) is 4.87. The first-order valence-corrected chi connectivity index (χ1v) is 9.15. The van der Waals surface area contributed by atoms with Crippen LogP contribution in [0.4, 0.5) is 8.78 Å². The average molecular weight is 380 g/mol. The van der Waals surface area contributed by atoms with Crippen molar-refractivity contribution in [2.45, 2.75) is 23.8 Å². The van der Waals surface area contributed by atoms with Gasteiger partial charge in [0.25, 0.3) is 0 Å². The Morgan fingerprint density at radius 1 is 1.04 bits per heavy atom. The summed E-state index contributed by atoms with van der Waals surface area (Å²) in [6.07, 6.45) is -0.521. The zero-order chi connectivity index (χ0) is 19.1. The number of hydrogen-bond donors (Lipinski definition) is 2. The van der Waals surface area contributed by atoms with Crippen LogP contribution in [-0.2, 0) is 26.8 Å². The molecule has 3 N–H and O–H groups in total. The Morgan fingerprint density at radius 2 is 1.65 bits per heavy atom. The fourth-order valence-electron chi connectivity index (χ4n) is 2.31. The molecule has 8 heteroatoms. The minimum atomic E-state index is -1.36. The van der Waals surface area contributed by atoms with E-state index >= 15 is 0 Å². The fourth-order valence-corrected chi connectivity index (χ4v) is 3.45. The quantitative estimate of drug-likeness (QED) is 0.730. The van der Waals surface area contributed by atoms with E-state index in [4.69, 9.17) is 5.73 Å². The molecule has 2 amide bonds. The van der Waals surface area contributed by atoms with E-state index in [0.29, 0.717) is 4.90 Å². The smallest absolute Gasteiger partial charge is 0.240 e. The van der Waals surface area contributed by atoms with Crippen LogP contribution in [0.5, 0.6) is 0 Å². The van der Waals surface area contributed by atoms with Crippen LogP contribution in [-0.4, -0.2) is 27.8 Å². The number of amides is 2. The number of carbonyl (C=O) groups excluding carboxylic acids is 2. The standard InChI is InChI=1S/C18H18F2N2O3S/c19-14-7-4-8-15(20)13(14)11-17(23)22-16(18(21)24)9-10-26(25)12-5-2-1-3-6-12/h1-8,16H,9-11H2,(H2,21,24)(H,22,23)/t16-,26+/m1/s1. The lowest BCUT2D eigenvalue weighted by Gasteiger charge is -2.15. The monoisotopic (exact) mass is 380 g/mol. The molecule has 5 nitrogen and oxygen atoms in total. The van der Waals surface area contributed by atoms with Crippen LogP contribution in [0.25, 0.3) is 0 Å². The van der Waals surface area contributed by atoms with Crippen molar-refractivity contribution in [3.8, 4) is 0 Å². The molecular weight excluding hydrogens is 362 g/mol. The molecule has 0 radical (unpaired) electrons. The molecule has 2 aromatic carbocycles. The van der Waals surface area contributed by atoms with E-state index < -0.39 is 46.7 Å². The highest BCUT2D eigenvalue weighted by atomic mass is 32.2. The second kappa shape index (κ2) is 9.19. The Bertz CT molecular complexity index is 795. The van der Waals surface area contributed by atoms with Crippen molar-refractivity contribution in [3.63, 3.8) is 0 Å². The predicted octanol–water partition coefficient (Wildman–Crippen LogP) is 1.68. The molecule has 0 aliphatic heterocycles. The molecule has 0 heterocycles. The summed E-state index contributed by atoms with van der Waals surface area (Å²) >= 11 is 0. The summed E-state index contributed by atoms with van der Waals surface area (Å²) in [6.45, 7) is 0. The van der Waals surface area contributed by atoms with Gasteiger partial charge in [-0.3, -0.25) is 13.8 Å². The molecule has 0 bridgehead atoms. The number of nitrogens with two attached hydrogens (primary N) is 1. The average Bonchev–Trinajstić information content (AvgIpc) is 2.62. The van der Waals surface area contributed by atoms with Gasteiger partial charge in [0.1, 0.15) is 17.7 Å². The van der Waals surface area contributed by atoms with Gasteiger partial charge in [0, 0.05) is 16.2 Å². The zero-order valence-corrected chi connectivity index (χ0v) is 14.6. The van der Waals surface area contributed by atoms with Crippen molar-refractivity contribution in [1.82, 2.24) is 5.32 Å². The van der Waals surface area contributed by atoms with Crippen LogP contribution in [0.2, 0.25) is 0 Å². The van der Waals surface area contributed by atoms with E-state index in [1.807, 2.05) is 0 Å². The highest BCUT2D eigenvalue weighted by molar-refractivity contribution is 7.85. The summed E-state index contributed by atoms with van der Waals surface area (Å²) in [6, 6.07) is 10.8. The maximum atomic E-state index is 13.6. The van der Waals surface area contributed by atoms with Gasteiger partial charge in [-0.05, 0) is 30.7 Å². The lowest BCUT2D eigenvalue weighted by molar-refractivity contribution is -0.127. The Morgan fingerprint density at radius 3 is 2.23 bits per heavy atom. The first-order valence-electron chi connectivity index (χ1n) is 7.83. The highest BCUT2D eigenvalue weighted by Gasteiger charge is 2.21. The zero-order valence-electron chi connectivity index (χ0n) is 13.8. The maximum Gasteiger partial charge on any atom is 0.240 e. The molecule has 2 atom stereocenters. The van der Waals surface area contributed by atoms with Gasteiger partial charge < -0.3 is 11.1 Å². The van der Waals surface area contributed by atoms with Gasteiger partial charge in [-0.2, -0.15) is 0 Å². The molecular formula is C18H18F2N2O3S. The third-order valence-corrected chi connectivity index (χ3v) is 5.08. The van der Waals surface area contributed by atoms with Gasteiger partial charge in [-0.25, -0.2) is 8.78 Å². The summed E-state index contributed by atoms with van der Waals surface area (Å²) in [7, 11) is -1.36. The molecule has 2 aromatic rings. The van der Waals surface area contributed by atoms with E-state index in [2.05, 4.69) is 5.32 Å². The highest BCUT2D eigenvalue weighted by Crippen LogP contribution is 2.13. The molecule has 0 fully saturated rings. The van der Waals surface area contributed by atoms with Crippen molar-refractivity contribution in [3.05, 3.63) is 65.7 Å². The number of rotatable bonds is 8. The van der Waals surface area contributed by atoms with Crippen molar-refractivity contribution in [2.75, 3.05) is 5.75 Å². The van der Waals surface area contributed by atoms with Crippen LogP contribution in [0.1, 0.15) is 12.0 Å². The minimum absolute atomic E-state index is 0.0440. The number of hydrogen-bond acceptors (Lipinski definition) is 3. The first-order chi connectivity index (χ1) is 12.4. The second-order valence-electron chi connectivity index (χ2n) is 5.55. The predicted molar refractivity (Wildman–Crippen MR) is 93.5 cm³/mol. The number of primary amides is 1. The van der Waals surface area contributed by atoms with Gasteiger partial charge in [-0.15, -0.1) is 0 Å². The molecule has 138 valence electrons. The third kappa shape index (κ3) is 5.45. The molecule has 0 saturated heterocycles. The van der Waals surface area contributed by atoms with Gasteiger partial charge in [0.2, 0.25) is 11.8 Å². The Kier molecular flexibility index (Phi) is 6.97. The lowest BCUT2D eigenvalue weighted by atomic mass is 10.1. The number of halogens is 2. The van der Waals surface area contributed by atoms with Crippen LogP contribution in [0.3, 0.4) is 0 Å². The van der Waals surface area contributed by atoms with E-state index in [1.165, 1.54) is 6.07 Å². The fraction of sp³-hybridized carbons (Fsp3) is 0.222. The van der Waals surface area contributed by atoms with Crippen LogP contribution in [0.15, 0.2) is 53.4 Å². The van der Waals surface area contributed by atoms with E-state index in [-0.39, 0.29) is 17.7 Å². The van der Waals surface area contributed by atoms with Crippen LogP contribution < -0.4 is 11.1 Å². The van der Waals surface area contributed by atoms with E-state index in [9.17, 15) is 22.6 Å². The molecule has 0 aliphatic carbocycles. The third-order valence-electron chi connectivity index (χ3n) is 3.68. The second-order valence-corrected chi connectivity index (χ2v) is 7.12. The van der Waals surface area contributed by atoms with Crippen molar-refractivity contribution < 1.29 is 22.6 Å². The minimum Gasteiger partial charge on any atom is -0.368 e. The Balaban J connectivity index is 1.96. The normalized spacial score (nSPS) is 13.0. The van der Waals surface area contributed by atoms with Gasteiger partial charge >= 0.3 is 0 Å². The number of carbonyl (C=O) groups is 2. The van der Waals surface area contributed by atoms with E-state index in [1.54, 1.807) is 30.3 Å². The number of benzene rings is 2. The largest absolute Gasteiger partial charge is 0.368 e. The molecule has 0 spiro atoms. The van der Waals surface area contributed by atoms with Gasteiger partial charge in [-0.1, -0.05) is 24.3 Å². The molecule has 0 aliphatic rings. The van der Waals surface area contributed by atoms with Crippen LogP contribution >= 0.6 is 0 Å². The maximum absolute atomic E-state index is 13.6. The molecule has 0 unspecified atom stereocenters. The van der Waals surface area contributed by atoms with Crippen molar-refractivity contribution in [2.24, 2.45) is 5.73 Å². The topological polar surface area (TPSA) is 89.3 Å². The lowest BCUT2D eigenvalue weighted by Crippen LogP contribution is -2.45. The van der Waals surface area contributed by atoms with Crippen LogP contribution in [0, 0.1) is 11.6 Å². The van der Waals surface area contributed by atoms with Gasteiger partial charge in [0.15, 0.2) is 0 Å². The summed E-state index contributed by atoms with van der Waals surface area (Å²) in [5.74, 6) is -3.14. The van der Waals surface area contributed by atoms with Crippen molar-refractivity contribution in [1.29, 1.82) is 0 Å².